The van der Waals surface area contributed by atoms with E-state index in [0.717, 1.165) is 32.7 Å². The smallest absolute Gasteiger partial charge is 0.0695 e. The SMILES string of the molecule is O[C@H]1CCCCC1N1CCOCC1. The van der Waals surface area contributed by atoms with Crippen LogP contribution in [0.5, 0.6) is 0 Å². The Labute approximate surface area is 79.7 Å². The van der Waals surface area contributed by atoms with E-state index in [9.17, 15) is 5.11 Å². The molecule has 0 bridgehead atoms. The van der Waals surface area contributed by atoms with Crippen LogP contribution < -0.4 is 0 Å². The molecule has 3 heteroatoms. The molecule has 2 fully saturated rings. The molecule has 0 amide bonds. The molecule has 3 nitrogen and oxygen atoms in total. The van der Waals surface area contributed by atoms with Crippen LogP contribution in [-0.2, 0) is 4.74 Å². The predicted octanol–water partition coefficient (Wildman–Crippen LogP) is 0.622. The molecule has 2 rings (SSSR count). The van der Waals surface area contributed by atoms with E-state index in [1.807, 2.05) is 0 Å². The number of rotatable bonds is 1. The molecule has 0 aromatic heterocycles. The highest BCUT2D eigenvalue weighted by Gasteiger charge is 2.29. The molecule has 13 heavy (non-hydrogen) atoms. The summed E-state index contributed by atoms with van der Waals surface area (Å²) in [5.41, 5.74) is 0. The monoisotopic (exact) mass is 185 g/mol. The van der Waals surface area contributed by atoms with Crippen molar-refractivity contribution in [3.05, 3.63) is 0 Å². The molecule has 1 saturated carbocycles. The van der Waals surface area contributed by atoms with Crippen molar-refractivity contribution < 1.29 is 9.84 Å². The highest BCUT2D eigenvalue weighted by atomic mass is 16.5. The Bertz CT molecular complexity index is 157. The number of ether oxygens (including phenoxy) is 1. The summed E-state index contributed by atoms with van der Waals surface area (Å²) in [4.78, 5) is 2.40. The molecular weight excluding hydrogens is 166 g/mol. The lowest BCUT2D eigenvalue weighted by Crippen LogP contribution is -2.50. The van der Waals surface area contributed by atoms with Gasteiger partial charge in [-0.15, -0.1) is 0 Å². The molecule has 0 radical (unpaired) electrons. The highest BCUT2D eigenvalue weighted by molar-refractivity contribution is 4.83. The van der Waals surface area contributed by atoms with Crippen LogP contribution in [0.15, 0.2) is 0 Å². The van der Waals surface area contributed by atoms with E-state index >= 15 is 0 Å². The zero-order chi connectivity index (χ0) is 9.10. The first-order valence-corrected chi connectivity index (χ1v) is 5.38. The van der Waals surface area contributed by atoms with Crippen molar-refractivity contribution in [2.45, 2.75) is 37.8 Å². The summed E-state index contributed by atoms with van der Waals surface area (Å²) < 4.78 is 5.30. The van der Waals surface area contributed by atoms with Crippen LogP contribution in [0.2, 0.25) is 0 Å². The molecule has 0 aromatic carbocycles. The highest BCUT2D eigenvalue weighted by Crippen LogP contribution is 2.23. The van der Waals surface area contributed by atoms with Gasteiger partial charge >= 0.3 is 0 Å². The van der Waals surface area contributed by atoms with Crippen LogP contribution in [0.4, 0.5) is 0 Å². The van der Waals surface area contributed by atoms with Crippen LogP contribution in [0, 0.1) is 0 Å². The molecule has 0 spiro atoms. The Morgan fingerprint density at radius 1 is 1.08 bits per heavy atom. The third kappa shape index (κ3) is 2.22. The van der Waals surface area contributed by atoms with Crippen LogP contribution in [0.25, 0.3) is 0 Å². The summed E-state index contributed by atoms with van der Waals surface area (Å²) in [6.07, 6.45) is 4.54. The Morgan fingerprint density at radius 2 is 1.77 bits per heavy atom. The van der Waals surface area contributed by atoms with Crippen molar-refractivity contribution in [3.63, 3.8) is 0 Å². The van der Waals surface area contributed by atoms with Crippen molar-refractivity contribution in [2.75, 3.05) is 26.3 Å². The Kier molecular flexibility index (Phi) is 3.19. The second-order valence-electron chi connectivity index (χ2n) is 4.07. The fourth-order valence-electron chi connectivity index (χ4n) is 2.43. The van der Waals surface area contributed by atoms with Gasteiger partial charge < -0.3 is 9.84 Å². The maximum absolute atomic E-state index is 9.84. The number of hydrogen-bond acceptors (Lipinski definition) is 3. The van der Waals surface area contributed by atoms with Crippen LogP contribution in [-0.4, -0.2) is 48.5 Å². The van der Waals surface area contributed by atoms with Gasteiger partial charge in [-0.2, -0.15) is 0 Å². The van der Waals surface area contributed by atoms with E-state index < -0.39 is 0 Å². The van der Waals surface area contributed by atoms with E-state index in [-0.39, 0.29) is 6.10 Å². The Balaban J connectivity index is 1.88. The van der Waals surface area contributed by atoms with Crippen LogP contribution in [0.3, 0.4) is 0 Å². The average Bonchev–Trinajstić information content (AvgIpc) is 2.20. The molecule has 1 aliphatic heterocycles. The van der Waals surface area contributed by atoms with Crippen LogP contribution >= 0.6 is 0 Å². The minimum absolute atomic E-state index is 0.0909. The minimum Gasteiger partial charge on any atom is -0.391 e. The Hall–Kier alpha value is -0.120. The van der Waals surface area contributed by atoms with Gasteiger partial charge in [-0.3, -0.25) is 4.90 Å². The van der Waals surface area contributed by atoms with Crippen molar-refractivity contribution in [1.82, 2.24) is 4.90 Å². The maximum atomic E-state index is 9.84. The van der Waals surface area contributed by atoms with Gasteiger partial charge in [0.2, 0.25) is 0 Å². The summed E-state index contributed by atoms with van der Waals surface area (Å²) in [6, 6.07) is 0.414. The largest absolute Gasteiger partial charge is 0.391 e. The summed E-state index contributed by atoms with van der Waals surface area (Å²) in [5, 5.41) is 9.84. The van der Waals surface area contributed by atoms with E-state index in [0.29, 0.717) is 6.04 Å². The van der Waals surface area contributed by atoms with Gasteiger partial charge in [0.15, 0.2) is 0 Å². The zero-order valence-electron chi connectivity index (χ0n) is 8.11. The summed E-state index contributed by atoms with van der Waals surface area (Å²) >= 11 is 0. The predicted molar refractivity (Wildman–Crippen MR) is 50.7 cm³/mol. The van der Waals surface area contributed by atoms with Crippen molar-refractivity contribution in [3.8, 4) is 0 Å². The molecule has 1 aliphatic carbocycles. The normalized spacial score (nSPS) is 37.6. The second kappa shape index (κ2) is 4.40. The lowest BCUT2D eigenvalue weighted by molar-refractivity contribution is -0.0357. The molecular formula is C10H19NO2. The number of morpholine rings is 1. The quantitative estimate of drug-likeness (QED) is 0.650. The van der Waals surface area contributed by atoms with E-state index in [1.165, 1.54) is 19.3 Å². The molecule has 1 saturated heterocycles. The van der Waals surface area contributed by atoms with Gasteiger partial charge in [0, 0.05) is 19.1 Å². The fourth-order valence-corrected chi connectivity index (χ4v) is 2.43. The fraction of sp³-hybridized carbons (Fsp3) is 1.00. The third-order valence-electron chi connectivity index (χ3n) is 3.21. The van der Waals surface area contributed by atoms with Gasteiger partial charge in [-0.1, -0.05) is 12.8 Å². The summed E-state index contributed by atoms with van der Waals surface area (Å²) in [5.74, 6) is 0. The molecule has 0 aromatic rings. The van der Waals surface area contributed by atoms with Crippen molar-refractivity contribution in [1.29, 1.82) is 0 Å². The lowest BCUT2D eigenvalue weighted by atomic mass is 9.91. The van der Waals surface area contributed by atoms with E-state index in [4.69, 9.17) is 4.74 Å². The van der Waals surface area contributed by atoms with E-state index in [1.54, 1.807) is 0 Å². The minimum atomic E-state index is -0.0909. The van der Waals surface area contributed by atoms with Crippen molar-refractivity contribution >= 4 is 0 Å². The molecule has 2 aliphatic rings. The third-order valence-corrected chi connectivity index (χ3v) is 3.21. The molecule has 1 unspecified atom stereocenters. The number of hydrogen-bond donors (Lipinski definition) is 1. The number of aliphatic hydroxyl groups excluding tert-OH is 1. The molecule has 1 heterocycles. The first kappa shape index (κ1) is 9.44. The van der Waals surface area contributed by atoms with Gasteiger partial charge in [-0.05, 0) is 12.8 Å². The number of nitrogens with zero attached hydrogens (tertiary/aromatic N) is 1. The van der Waals surface area contributed by atoms with Gasteiger partial charge in [0.25, 0.3) is 0 Å². The maximum Gasteiger partial charge on any atom is 0.0695 e. The first-order valence-electron chi connectivity index (χ1n) is 5.38. The van der Waals surface area contributed by atoms with Crippen molar-refractivity contribution in [2.24, 2.45) is 0 Å². The van der Waals surface area contributed by atoms with Gasteiger partial charge in [0.1, 0.15) is 0 Å². The van der Waals surface area contributed by atoms with Gasteiger partial charge in [-0.25, -0.2) is 0 Å². The first-order chi connectivity index (χ1) is 6.38. The lowest BCUT2D eigenvalue weighted by Gasteiger charge is -2.39. The summed E-state index contributed by atoms with van der Waals surface area (Å²) in [6.45, 7) is 3.68. The van der Waals surface area contributed by atoms with E-state index in [2.05, 4.69) is 4.90 Å². The average molecular weight is 185 g/mol. The molecule has 1 N–H and O–H groups in total. The zero-order valence-corrected chi connectivity index (χ0v) is 8.11. The van der Waals surface area contributed by atoms with Gasteiger partial charge in [0.05, 0.1) is 19.3 Å². The Morgan fingerprint density at radius 3 is 2.46 bits per heavy atom. The number of aliphatic hydroxyl groups is 1. The second-order valence-corrected chi connectivity index (χ2v) is 4.07. The topological polar surface area (TPSA) is 32.7 Å². The summed E-state index contributed by atoms with van der Waals surface area (Å²) in [7, 11) is 0. The molecule has 2 atom stereocenters. The standard InChI is InChI=1S/C10H19NO2/c12-10-4-2-1-3-9(10)11-5-7-13-8-6-11/h9-10,12H,1-8H2/t9?,10-/m0/s1. The van der Waals surface area contributed by atoms with Crippen LogP contribution in [0.1, 0.15) is 25.7 Å². The molecule has 76 valence electrons.